The van der Waals surface area contributed by atoms with Crippen molar-refractivity contribution in [1.82, 2.24) is 10.2 Å². The first-order valence-electron chi connectivity index (χ1n) is 5.37. The zero-order valence-electron chi connectivity index (χ0n) is 9.05. The van der Waals surface area contributed by atoms with Gasteiger partial charge in [0, 0.05) is 5.39 Å². The van der Waals surface area contributed by atoms with E-state index in [-0.39, 0.29) is 0 Å². The van der Waals surface area contributed by atoms with Gasteiger partial charge in [-0.2, -0.15) is 5.10 Å². The third-order valence-corrected chi connectivity index (χ3v) is 2.81. The third kappa shape index (κ3) is 1.61. The van der Waals surface area contributed by atoms with Crippen molar-refractivity contribution in [3.05, 3.63) is 54.2 Å². The summed E-state index contributed by atoms with van der Waals surface area (Å²) in [7, 11) is 0. The summed E-state index contributed by atoms with van der Waals surface area (Å²) in [4.78, 5) is 10.8. The van der Waals surface area contributed by atoms with Crippen LogP contribution in [0.1, 0.15) is 10.5 Å². The van der Waals surface area contributed by atoms with Crippen LogP contribution < -0.4 is 0 Å². The topological polar surface area (TPSA) is 45.8 Å². The van der Waals surface area contributed by atoms with Crippen LogP contribution in [0.15, 0.2) is 48.5 Å². The molecular formula is C14H10N2O. The van der Waals surface area contributed by atoms with E-state index in [9.17, 15) is 4.79 Å². The van der Waals surface area contributed by atoms with Gasteiger partial charge in [0.05, 0.1) is 5.52 Å². The highest BCUT2D eigenvalue weighted by Gasteiger charge is 2.05. The standard InChI is InChI=1S/C14H10N2O/c17-9-14-12-8-11(6-7-13(12)15-16-14)10-4-2-1-3-5-10/h1-9H,(H,15,16). The van der Waals surface area contributed by atoms with Crippen molar-refractivity contribution >= 4 is 17.2 Å². The number of aromatic nitrogens is 2. The molecule has 0 aliphatic rings. The van der Waals surface area contributed by atoms with Gasteiger partial charge in [0.15, 0.2) is 6.29 Å². The molecule has 0 spiro atoms. The number of hydrogen-bond acceptors (Lipinski definition) is 2. The van der Waals surface area contributed by atoms with E-state index >= 15 is 0 Å². The fourth-order valence-corrected chi connectivity index (χ4v) is 1.93. The van der Waals surface area contributed by atoms with Crippen molar-refractivity contribution in [2.45, 2.75) is 0 Å². The molecule has 0 radical (unpaired) electrons. The Kier molecular flexibility index (Phi) is 2.22. The maximum absolute atomic E-state index is 10.8. The van der Waals surface area contributed by atoms with E-state index in [1.54, 1.807) is 0 Å². The lowest BCUT2D eigenvalue weighted by molar-refractivity contribution is 0.112. The number of aldehydes is 1. The summed E-state index contributed by atoms with van der Waals surface area (Å²) < 4.78 is 0. The van der Waals surface area contributed by atoms with Crippen molar-refractivity contribution in [3.8, 4) is 11.1 Å². The molecule has 1 aromatic heterocycles. The lowest BCUT2D eigenvalue weighted by Gasteiger charge is -2.01. The van der Waals surface area contributed by atoms with Crippen LogP contribution in [0.5, 0.6) is 0 Å². The first kappa shape index (κ1) is 9.78. The average Bonchev–Trinajstić information content (AvgIpc) is 2.81. The molecule has 1 N–H and O–H groups in total. The molecule has 17 heavy (non-hydrogen) atoms. The minimum atomic E-state index is 0.456. The Morgan fingerprint density at radius 3 is 2.59 bits per heavy atom. The summed E-state index contributed by atoms with van der Waals surface area (Å²) in [5.41, 5.74) is 3.56. The SMILES string of the molecule is O=Cc1n[nH]c2ccc(-c3ccccc3)cc12. The van der Waals surface area contributed by atoms with Crippen molar-refractivity contribution in [2.24, 2.45) is 0 Å². The van der Waals surface area contributed by atoms with Crippen molar-refractivity contribution in [3.63, 3.8) is 0 Å². The van der Waals surface area contributed by atoms with Gasteiger partial charge in [-0.25, -0.2) is 0 Å². The number of fused-ring (bicyclic) bond motifs is 1. The third-order valence-electron chi connectivity index (χ3n) is 2.81. The molecule has 2 aromatic carbocycles. The second-order valence-corrected chi connectivity index (χ2v) is 3.85. The molecule has 0 aliphatic carbocycles. The average molecular weight is 222 g/mol. The van der Waals surface area contributed by atoms with E-state index in [0.717, 1.165) is 28.3 Å². The van der Waals surface area contributed by atoms with Gasteiger partial charge in [-0.3, -0.25) is 9.89 Å². The first-order chi connectivity index (χ1) is 8.38. The Morgan fingerprint density at radius 2 is 1.82 bits per heavy atom. The van der Waals surface area contributed by atoms with E-state index in [4.69, 9.17) is 0 Å². The van der Waals surface area contributed by atoms with Crippen molar-refractivity contribution in [2.75, 3.05) is 0 Å². The highest BCUT2D eigenvalue weighted by Crippen LogP contribution is 2.24. The molecule has 1 heterocycles. The van der Waals surface area contributed by atoms with Crippen LogP contribution in [0.3, 0.4) is 0 Å². The molecule has 0 saturated heterocycles. The Morgan fingerprint density at radius 1 is 1.00 bits per heavy atom. The summed E-state index contributed by atoms with van der Waals surface area (Å²) in [6.45, 7) is 0. The number of hydrogen-bond donors (Lipinski definition) is 1. The molecule has 0 aliphatic heterocycles. The smallest absolute Gasteiger partial charge is 0.170 e. The Bertz CT molecular complexity index is 671. The molecule has 0 atom stereocenters. The molecular weight excluding hydrogens is 212 g/mol. The fraction of sp³-hybridized carbons (Fsp3) is 0. The minimum absolute atomic E-state index is 0.456. The maximum atomic E-state index is 10.8. The van der Waals surface area contributed by atoms with Gasteiger partial charge >= 0.3 is 0 Å². The zero-order valence-corrected chi connectivity index (χ0v) is 9.05. The largest absolute Gasteiger partial charge is 0.296 e. The van der Waals surface area contributed by atoms with Crippen LogP contribution in [0, 0.1) is 0 Å². The highest BCUT2D eigenvalue weighted by molar-refractivity contribution is 5.96. The second-order valence-electron chi connectivity index (χ2n) is 3.85. The molecule has 0 bridgehead atoms. The molecule has 0 saturated carbocycles. The summed E-state index contributed by atoms with van der Waals surface area (Å²) in [5, 5.41) is 7.65. The van der Waals surface area contributed by atoms with Crippen LogP contribution in [0.25, 0.3) is 22.0 Å². The number of aromatic amines is 1. The van der Waals surface area contributed by atoms with E-state index in [1.807, 2.05) is 48.5 Å². The molecule has 0 unspecified atom stereocenters. The van der Waals surface area contributed by atoms with Crippen molar-refractivity contribution in [1.29, 1.82) is 0 Å². The molecule has 82 valence electrons. The van der Waals surface area contributed by atoms with E-state index in [2.05, 4.69) is 10.2 Å². The summed E-state index contributed by atoms with van der Waals surface area (Å²) in [6.07, 6.45) is 0.771. The Labute approximate surface area is 98.1 Å². The normalized spacial score (nSPS) is 10.6. The lowest BCUT2D eigenvalue weighted by atomic mass is 10.0. The summed E-state index contributed by atoms with van der Waals surface area (Å²) >= 11 is 0. The monoisotopic (exact) mass is 222 g/mol. The van der Waals surface area contributed by atoms with Gasteiger partial charge in [0.25, 0.3) is 0 Å². The zero-order chi connectivity index (χ0) is 11.7. The molecule has 0 fully saturated rings. The predicted molar refractivity (Wildman–Crippen MR) is 66.9 cm³/mol. The van der Waals surface area contributed by atoms with Crippen molar-refractivity contribution < 1.29 is 4.79 Å². The van der Waals surface area contributed by atoms with Gasteiger partial charge < -0.3 is 0 Å². The van der Waals surface area contributed by atoms with Gasteiger partial charge in [0.1, 0.15) is 5.69 Å². The molecule has 3 rings (SSSR count). The van der Waals surface area contributed by atoms with Gasteiger partial charge in [-0.15, -0.1) is 0 Å². The van der Waals surface area contributed by atoms with Gasteiger partial charge in [-0.1, -0.05) is 36.4 Å². The predicted octanol–water partition coefficient (Wildman–Crippen LogP) is 3.04. The molecule has 3 nitrogen and oxygen atoms in total. The number of nitrogens with zero attached hydrogens (tertiary/aromatic N) is 1. The summed E-state index contributed by atoms with van der Waals surface area (Å²) in [6, 6.07) is 16.0. The molecule has 3 heteroatoms. The first-order valence-corrected chi connectivity index (χ1v) is 5.37. The van der Waals surface area contributed by atoms with Gasteiger partial charge in [0.2, 0.25) is 0 Å². The number of nitrogens with one attached hydrogen (secondary N) is 1. The van der Waals surface area contributed by atoms with Gasteiger partial charge in [-0.05, 0) is 23.3 Å². The van der Waals surface area contributed by atoms with E-state index in [0.29, 0.717) is 5.69 Å². The van der Waals surface area contributed by atoms with Crippen LogP contribution in [-0.4, -0.2) is 16.5 Å². The second kappa shape index (κ2) is 3.87. The van der Waals surface area contributed by atoms with Crippen LogP contribution in [0.4, 0.5) is 0 Å². The minimum Gasteiger partial charge on any atom is -0.296 e. The quantitative estimate of drug-likeness (QED) is 0.677. The number of carbonyl (C=O) groups is 1. The fourth-order valence-electron chi connectivity index (χ4n) is 1.93. The van der Waals surface area contributed by atoms with E-state index in [1.165, 1.54) is 0 Å². The maximum Gasteiger partial charge on any atom is 0.170 e. The van der Waals surface area contributed by atoms with E-state index < -0.39 is 0 Å². The number of benzene rings is 2. The van der Waals surface area contributed by atoms with Crippen LogP contribution in [0.2, 0.25) is 0 Å². The molecule has 0 amide bonds. The lowest BCUT2D eigenvalue weighted by Crippen LogP contribution is -1.80. The Hall–Kier alpha value is -2.42. The summed E-state index contributed by atoms with van der Waals surface area (Å²) in [5.74, 6) is 0. The van der Waals surface area contributed by atoms with Crippen LogP contribution in [-0.2, 0) is 0 Å². The number of carbonyl (C=O) groups excluding carboxylic acids is 1. The number of rotatable bonds is 2. The number of H-pyrrole nitrogens is 1. The van der Waals surface area contributed by atoms with Crippen LogP contribution >= 0.6 is 0 Å². The Balaban J connectivity index is 2.22. The molecule has 3 aromatic rings. The highest BCUT2D eigenvalue weighted by atomic mass is 16.1.